The topological polar surface area (TPSA) is 64.4 Å². The number of nitro benzene ring substituents is 1. The Hall–Kier alpha value is -2.40. The van der Waals surface area contributed by atoms with Gasteiger partial charge in [-0.2, -0.15) is 0 Å². The fourth-order valence-electron chi connectivity index (χ4n) is 1.42. The van der Waals surface area contributed by atoms with Crippen LogP contribution in [0.25, 0.3) is 0 Å². The van der Waals surface area contributed by atoms with Gasteiger partial charge in [0.05, 0.1) is 17.2 Å². The molecule has 0 radical (unpaired) electrons. The van der Waals surface area contributed by atoms with Crippen molar-refractivity contribution in [1.29, 1.82) is 0 Å². The summed E-state index contributed by atoms with van der Waals surface area (Å²) >= 11 is 0. The number of non-ortho nitro benzene ring substituents is 1. The molecule has 1 N–H and O–H groups in total. The van der Waals surface area contributed by atoms with Crippen LogP contribution in [0.4, 0.5) is 11.4 Å². The molecule has 0 saturated carbocycles. The number of para-hydroxylation sites is 1. The first-order valence-electron chi connectivity index (χ1n) is 5.42. The van der Waals surface area contributed by atoms with Crippen LogP contribution in [0.1, 0.15) is 5.56 Å². The van der Waals surface area contributed by atoms with Gasteiger partial charge < -0.3 is 0 Å². The number of rotatable bonds is 5. The van der Waals surface area contributed by atoms with Crippen LogP contribution in [-0.2, 0) is 11.4 Å². The van der Waals surface area contributed by atoms with Crippen molar-refractivity contribution in [2.24, 2.45) is 0 Å². The zero-order valence-electron chi connectivity index (χ0n) is 9.58. The van der Waals surface area contributed by atoms with E-state index in [-0.39, 0.29) is 5.69 Å². The van der Waals surface area contributed by atoms with E-state index in [0.717, 1.165) is 11.3 Å². The Morgan fingerprint density at radius 2 is 1.72 bits per heavy atom. The molecule has 0 amide bonds. The van der Waals surface area contributed by atoms with E-state index in [0.29, 0.717) is 6.61 Å². The molecule has 0 aliphatic heterocycles. The van der Waals surface area contributed by atoms with E-state index in [4.69, 9.17) is 4.84 Å². The summed E-state index contributed by atoms with van der Waals surface area (Å²) in [5, 5.41) is 10.5. The molecule has 0 aromatic heterocycles. The number of anilines is 1. The van der Waals surface area contributed by atoms with Crippen molar-refractivity contribution in [1.82, 2.24) is 0 Å². The smallest absolute Gasteiger partial charge is 0.269 e. The Kier molecular flexibility index (Phi) is 3.88. The summed E-state index contributed by atoms with van der Waals surface area (Å²) in [6.07, 6.45) is 0. The molecule has 0 heterocycles. The van der Waals surface area contributed by atoms with Gasteiger partial charge in [0.25, 0.3) is 5.69 Å². The SMILES string of the molecule is O=[N+]([O-])c1ccc(CONc2ccccc2)cc1. The highest BCUT2D eigenvalue weighted by Crippen LogP contribution is 2.13. The van der Waals surface area contributed by atoms with Gasteiger partial charge in [0.1, 0.15) is 0 Å². The second-order valence-electron chi connectivity index (χ2n) is 3.68. The van der Waals surface area contributed by atoms with Crippen molar-refractivity contribution < 1.29 is 9.76 Å². The Balaban J connectivity index is 1.85. The third kappa shape index (κ3) is 3.29. The van der Waals surface area contributed by atoms with Crippen LogP contribution in [0, 0.1) is 10.1 Å². The van der Waals surface area contributed by atoms with Crippen molar-refractivity contribution >= 4 is 11.4 Å². The van der Waals surface area contributed by atoms with Crippen LogP contribution in [0.3, 0.4) is 0 Å². The average molecular weight is 244 g/mol. The van der Waals surface area contributed by atoms with E-state index in [1.165, 1.54) is 12.1 Å². The van der Waals surface area contributed by atoms with Crippen LogP contribution in [-0.4, -0.2) is 4.92 Å². The molecule has 0 unspecified atom stereocenters. The van der Waals surface area contributed by atoms with Crippen LogP contribution < -0.4 is 5.48 Å². The zero-order valence-corrected chi connectivity index (χ0v) is 9.58. The highest BCUT2D eigenvalue weighted by molar-refractivity contribution is 5.40. The van der Waals surface area contributed by atoms with Gasteiger partial charge in [-0.05, 0) is 29.8 Å². The minimum atomic E-state index is -0.424. The lowest BCUT2D eigenvalue weighted by Crippen LogP contribution is -2.01. The second kappa shape index (κ2) is 5.79. The maximum atomic E-state index is 10.5. The first-order valence-corrected chi connectivity index (χ1v) is 5.42. The predicted molar refractivity (Wildman–Crippen MR) is 68.0 cm³/mol. The van der Waals surface area contributed by atoms with Crippen molar-refractivity contribution in [2.75, 3.05) is 5.48 Å². The molecule has 0 aliphatic carbocycles. The van der Waals surface area contributed by atoms with Gasteiger partial charge in [0.2, 0.25) is 0 Å². The lowest BCUT2D eigenvalue weighted by atomic mass is 10.2. The van der Waals surface area contributed by atoms with Crippen LogP contribution in [0.5, 0.6) is 0 Å². The number of hydrogen-bond acceptors (Lipinski definition) is 4. The molecule has 0 atom stereocenters. The van der Waals surface area contributed by atoms with Gasteiger partial charge in [0, 0.05) is 12.1 Å². The monoisotopic (exact) mass is 244 g/mol. The molecule has 2 aromatic rings. The summed E-state index contributed by atoms with van der Waals surface area (Å²) in [6.45, 7) is 0.340. The summed E-state index contributed by atoms with van der Waals surface area (Å²) in [7, 11) is 0. The van der Waals surface area contributed by atoms with E-state index >= 15 is 0 Å². The molecule has 5 heteroatoms. The van der Waals surface area contributed by atoms with E-state index in [9.17, 15) is 10.1 Å². The van der Waals surface area contributed by atoms with Gasteiger partial charge >= 0.3 is 0 Å². The van der Waals surface area contributed by atoms with Gasteiger partial charge in [-0.3, -0.25) is 20.4 Å². The first-order chi connectivity index (χ1) is 8.75. The van der Waals surface area contributed by atoms with E-state index < -0.39 is 4.92 Å². The minimum Gasteiger partial charge on any atom is -0.271 e. The highest BCUT2D eigenvalue weighted by Gasteiger charge is 2.03. The average Bonchev–Trinajstić information content (AvgIpc) is 2.40. The van der Waals surface area contributed by atoms with Crippen LogP contribution in [0.2, 0.25) is 0 Å². The Morgan fingerprint density at radius 1 is 1.06 bits per heavy atom. The summed E-state index contributed by atoms with van der Waals surface area (Å²) < 4.78 is 0. The van der Waals surface area contributed by atoms with Crippen LogP contribution >= 0.6 is 0 Å². The molecule has 18 heavy (non-hydrogen) atoms. The van der Waals surface area contributed by atoms with Gasteiger partial charge in [0.15, 0.2) is 0 Å². The van der Waals surface area contributed by atoms with Crippen molar-refractivity contribution in [2.45, 2.75) is 6.61 Å². The summed E-state index contributed by atoms with van der Waals surface area (Å²) in [5.41, 5.74) is 4.60. The zero-order chi connectivity index (χ0) is 12.8. The molecule has 2 aromatic carbocycles. The number of nitro groups is 1. The third-order valence-electron chi connectivity index (χ3n) is 2.35. The maximum absolute atomic E-state index is 10.5. The molecule has 5 nitrogen and oxygen atoms in total. The van der Waals surface area contributed by atoms with Crippen LogP contribution in [0.15, 0.2) is 54.6 Å². The van der Waals surface area contributed by atoms with Crippen molar-refractivity contribution in [3.8, 4) is 0 Å². The molecule has 92 valence electrons. The Labute approximate surface area is 104 Å². The molecular formula is C13H12N2O3. The van der Waals surface area contributed by atoms with Gasteiger partial charge in [-0.15, -0.1) is 0 Å². The molecule has 0 aliphatic rings. The summed E-state index contributed by atoms with van der Waals surface area (Å²) in [5.74, 6) is 0. The Morgan fingerprint density at radius 3 is 2.33 bits per heavy atom. The van der Waals surface area contributed by atoms with E-state index in [2.05, 4.69) is 5.48 Å². The molecule has 0 fully saturated rings. The second-order valence-corrected chi connectivity index (χ2v) is 3.68. The highest BCUT2D eigenvalue weighted by atomic mass is 16.6. The number of nitrogens with one attached hydrogen (secondary N) is 1. The fraction of sp³-hybridized carbons (Fsp3) is 0.0769. The van der Waals surface area contributed by atoms with E-state index in [1.54, 1.807) is 12.1 Å². The quantitative estimate of drug-likeness (QED) is 0.648. The molecule has 0 spiro atoms. The number of nitrogens with zero attached hydrogens (tertiary/aromatic N) is 1. The van der Waals surface area contributed by atoms with Crippen molar-refractivity contribution in [3.63, 3.8) is 0 Å². The largest absolute Gasteiger partial charge is 0.271 e. The predicted octanol–water partition coefficient (Wildman–Crippen LogP) is 3.14. The number of benzene rings is 2. The standard InChI is InChI=1S/C13H12N2O3/c16-15(17)13-8-6-11(7-9-13)10-18-14-12-4-2-1-3-5-12/h1-9,14H,10H2. The fourth-order valence-corrected chi connectivity index (χ4v) is 1.42. The first kappa shape index (κ1) is 12.1. The lowest BCUT2D eigenvalue weighted by Gasteiger charge is -2.06. The molecule has 0 bridgehead atoms. The molecular weight excluding hydrogens is 232 g/mol. The van der Waals surface area contributed by atoms with Gasteiger partial charge in [-0.1, -0.05) is 18.2 Å². The van der Waals surface area contributed by atoms with Crippen molar-refractivity contribution in [3.05, 3.63) is 70.3 Å². The number of hydrogen-bond donors (Lipinski definition) is 1. The minimum absolute atomic E-state index is 0.0785. The van der Waals surface area contributed by atoms with Gasteiger partial charge in [-0.25, -0.2) is 0 Å². The molecule has 2 rings (SSSR count). The van der Waals surface area contributed by atoms with E-state index in [1.807, 2.05) is 30.3 Å². The lowest BCUT2D eigenvalue weighted by molar-refractivity contribution is -0.384. The normalized spacial score (nSPS) is 10.0. The summed E-state index contributed by atoms with van der Waals surface area (Å²) in [4.78, 5) is 15.3. The summed E-state index contributed by atoms with van der Waals surface area (Å²) in [6, 6.07) is 15.8. The maximum Gasteiger partial charge on any atom is 0.269 e. The molecule has 0 saturated heterocycles. The third-order valence-corrected chi connectivity index (χ3v) is 2.35. The Bertz CT molecular complexity index is 512.